The summed E-state index contributed by atoms with van der Waals surface area (Å²) < 4.78 is 11.2. The lowest BCUT2D eigenvalue weighted by Crippen LogP contribution is -2.47. The summed E-state index contributed by atoms with van der Waals surface area (Å²) in [5.41, 5.74) is 0.674. The van der Waals surface area contributed by atoms with Crippen LogP contribution >= 0.6 is 0 Å². The number of piperidine rings is 1. The molecule has 1 aliphatic heterocycles. The monoisotopic (exact) mass is 305 g/mol. The van der Waals surface area contributed by atoms with E-state index in [9.17, 15) is 4.79 Å². The fourth-order valence-electron chi connectivity index (χ4n) is 3.15. The summed E-state index contributed by atoms with van der Waals surface area (Å²) in [5, 5.41) is 0. The van der Waals surface area contributed by atoms with Crippen molar-refractivity contribution in [2.75, 3.05) is 13.2 Å². The van der Waals surface area contributed by atoms with Gasteiger partial charge in [-0.25, -0.2) is 0 Å². The van der Waals surface area contributed by atoms with Crippen LogP contribution in [-0.4, -0.2) is 36.1 Å². The van der Waals surface area contributed by atoms with Gasteiger partial charge in [0, 0.05) is 17.6 Å². The van der Waals surface area contributed by atoms with Gasteiger partial charge in [-0.15, -0.1) is 0 Å². The second-order valence-electron chi connectivity index (χ2n) is 5.87. The molecule has 1 heterocycles. The van der Waals surface area contributed by atoms with Crippen molar-refractivity contribution in [2.24, 2.45) is 0 Å². The van der Waals surface area contributed by atoms with Crippen molar-refractivity contribution in [3.05, 3.63) is 23.8 Å². The largest absolute Gasteiger partial charge is 0.490 e. The summed E-state index contributed by atoms with van der Waals surface area (Å²) in [4.78, 5) is 14.9. The number of likely N-dealkylation sites (tertiary alicyclic amines) is 1. The molecule has 22 heavy (non-hydrogen) atoms. The van der Waals surface area contributed by atoms with Crippen molar-refractivity contribution >= 4 is 5.91 Å². The minimum absolute atomic E-state index is 0.0868. The number of carbonyl (C=O) groups excluding carboxylic acids is 1. The maximum absolute atomic E-state index is 12.9. The SMILES string of the molecule is CCOc1ccc(C(=O)N2[C@H](C)CCC[C@H]2C)cc1OCC. The molecule has 1 fully saturated rings. The summed E-state index contributed by atoms with van der Waals surface area (Å²) in [6, 6.07) is 6.06. The molecular formula is C18H27NO3. The van der Waals surface area contributed by atoms with Crippen molar-refractivity contribution in [3.63, 3.8) is 0 Å². The average molecular weight is 305 g/mol. The zero-order chi connectivity index (χ0) is 16.1. The lowest BCUT2D eigenvalue weighted by Gasteiger charge is -2.39. The summed E-state index contributed by atoms with van der Waals surface area (Å²) >= 11 is 0. The molecule has 0 radical (unpaired) electrons. The van der Waals surface area contributed by atoms with E-state index in [1.54, 1.807) is 0 Å². The van der Waals surface area contributed by atoms with Crippen LogP contribution in [0.15, 0.2) is 18.2 Å². The first-order valence-electron chi connectivity index (χ1n) is 8.30. The molecule has 0 aliphatic carbocycles. The first-order chi connectivity index (χ1) is 10.6. The molecule has 1 amide bonds. The quantitative estimate of drug-likeness (QED) is 0.828. The van der Waals surface area contributed by atoms with E-state index in [0.717, 1.165) is 12.8 Å². The Morgan fingerprint density at radius 1 is 1.09 bits per heavy atom. The molecule has 0 spiro atoms. The Morgan fingerprint density at radius 2 is 1.68 bits per heavy atom. The number of benzene rings is 1. The van der Waals surface area contributed by atoms with E-state index in [1.807, 2.05) is 36.9 Å². The molecule has 0 unspecified atom stereocenters. The number of nitrogens with zero attached hydrogens (tertiary/aromatic N) is 1. The predicted molar refractivity (Wildman–Crippen MR) is 87.7 cm³/mol. The highest BCUT2D eigenvalue weighted by atomic mass is 16.5. The van der Waals surface area contributed by atoms with E-state index in [2.05, 4.69) is 13.8 Å². The van der Waals surface area contributed by atoms with Crippen molar-refractivity contribution < 1.29 is 14.3 Å². The number of ether oxygens (including phenoxy) is 2. The van der Waals surface area contributed by atoms with Gasteiger partial charge in [-0.2, -0.15) is 0 Å². The zero-order valence-corrected chi connectivity index (χ0v) is 14.1. The topological polar surface area (TPSA) is 38.8 Å². The van der Waals surface area contributed by atoms with Gasteiger partial charge in [0.1, 0.15) is 0 Å². The Kier molecular flexibility index (Phi) is 5.69. The Hall–Kier alpha value is -1.71. The van der Waals surface area contributed by atoms with Crippen LogP contribution in [0.3, 0.4) is 0 Å². The van der Waals surface area contributed by atoms with Crippen LogP contribution < -0.4 is 9.47 Å². The molecule has 0 aromatic heterocycles. The summed E-state index contributed by atoms with van der Waals surface area (Å²) in [6.07, 6.45) is 3.34. The van der Waals surface area contributed by atoms with Gasteiger partial charge >= 0.3 is 0 Å². The molecule has 1 aromatic carbocycles. The molecule has 0 saturated carbocycles. The number of hydrogen-bond acceptors (Lipinski definition) is 3. The molecule has 2 rings (SSSR count). The standard InChI is InChI=1S/C18H27NO3/c1-5-21-16-11-10-15(12-17(16)22-6-2)18(20)19-13(3)8-7-9-14(19)4/h10-14H,5-9H2,1-4H3/t13-,14-/m1/s1. The minimum Gasteiger partial charge on any atom is -0.490 e. The van der Waals surface area contributed by atoms with Gasteiger partial charge in [-0.05, 0) is 65.2 Å². The second kappa shape index (κ2) is 7.52. The molecule has 1 saturated heterocycles. The van der Waals surface area contributed by atoms with Gasteiger partial charge in [0.15, 0.2) is 11.5 Å². The molecule has 0 bridgehead atoms. The lowest BCUT2D eigenvalue weighted by molar-refractivity contribution is 0.0510. The Morgan fingerprint density at radius 3 is 2.27 bits per heavy atom. The van der Waals surface area contributed by atoms with Crippen LogP contribution in [0, 0.1) is 0 Å². The van der Waals surface area contributed by atoms with Gasteiger partial charge in [0.2, 0.25) is 0 Å². The van der Waals surface area contributed by atoms with Gasteiger partial charge in [0.05, 0.1) is 13.2 Å². The van der Waals surface area contributed by atoms with Crippen LogP contribution in [0.2, 0.25) is 0 Å². The van der Waals surface area contributed by atoms with Gasteiger partial charge in [-0.3, -0.25) is 4.79 Å². The zero-order valence-electron chi connectivity index (χ0n) is 14.1. The van der Waals surface area contributed by atoms with E-state index in [0.29, 0.717) is 42.4 Å². The predicted octanol–water partition coefficient (Wildman–Crippen LogP) is 3.89. The Balaban J connectivity index is 2.27. The van der Waals surface area contributed by atoms with E-state index in [-0.39, 0.29) is 5.91 Å². The smallest absolute Gasteiger partial charge is 0.254 e. The minimum atomic E-state index is 0.0868. The average Bonchev–Trinajstić information content (AvgIpc) is 2.49. The Bertz CT molecular complexity index is 505. The van der Waals surface area contributed by atoms with Crippen molar-refractivity contribution in [1.29, 1.82) is 0 Å². The van der Waals surface area contributed by atoms with Crippen LogP contribution in [-0.2, 0) is 0 Å². The van der Waals surface area contributed by atoms with Crippen LogP contribution in [0.25, 0.3) is 0 Å². The highest BCUT2D eigenvalue weighted by Crippen LogP contribution is 2.31. The molecule has 4 nitrogen and oxygen atoms in total. The molecule has 1 aliphatic rings. The third kappa shape index (κ3) is 3.54. The van der Waals surface area contributed by atoms with Gasteiger partial charge in [0.25, 0.3) is 5.91 Å². The third-order valence-electron chi connectivity index (χ3n) is 4.22. The van der Waals surface area contributed by atoms with Crippen molar-refractivity contribution in [2.45, 2.75) is 59.0 Å². The summed E-state index contributed by atoms with van der Waals surface area (Å²) in [6.45, 7) is 9.25. The highest BCUT2D eigenvalue weighted by Gasteiger charge is 2.30. The normalized spacial score (nSPS) is 21.5. The van der Waals surface area contributed by atoms with E-state index in [1.165, 1.54) is 6.42 Å². The maximum atomic E-state index is 12.9. The highest BCUT2D eigenvalue weighted by molar-refractivity contribution is 5.95. The van der Waals surface area contributed by atoms with E-state index < -0.39 is 0 Å². The number of hydrogen-bond donors (Lipinski definition) is 0. The van der Waals surface area contributed by atoms with E-state index >= 15 is 0 Å². The first-order valence-corrected chi connectivity index (χ1v) is 8.30. The molecule has 0 N–H and O–H groups in total. The molecule has 122 valence electrons. The Labute approximate surface area is 133 Å². The summed E-state index contributed by atoms with van der Waals surface area (Å²) in [5.74, 6) is 1.43. The number of rotatable bonds is 5. The molecule has 1 aromatic rings. The maximum Gasteiger partial charge on any atom is 0.254 e. The van der Waals surface area contributed by atoms with Crippen LogP contribution in [0.5, 0.6) is 11.5 Å². The second-order valence-corrected chi connectivity index (χ2v) is 5.87. The first kappa shape index (κ1) is 16.7. The van der Waals surface area contributed by atoms with Crippen molar-refractivity contribution in [3.8, 4) is 11.5 Å². The summed E-state index contributed by atoms with van der Waals surface area (Å²) in [7, 11) is 0. The fourth-order valence-corrected chi connectivity index (χ4v) is 3.15. The number of carbonyl (C=O) groups is 1. The lowest BCUT2D eigenvalue weighted by atomic mass is 9.96. The molecule has 2 atom stereocenters. The van der Waals surface area contributed by atoms with Crippen molar-refractivity contribution in [1.82, 2.24) is 4.90 Å². The molecular weight excluding hydrogens is 278 g/mol. The molecule has 4 heteroatoms. The van der Waals surface area contributed by atoms with E-state index in [4.69, 9.17) is 9.47 Å². The number of amides is 1. The van der Waals surface area contributed by atoms with Crippen LogP contribution in [0.4, 0.5) is 0 Å². The van der Waals surface area contributed by atoms with Crippen LogP contribution in [0.1, 0.15) is 57.3 Å². The van der Waals surface area contributed by atoms with Gasteiger partial charge < -0.3 is 14.4 Å². The third-order valence-corrected chi connectivity index (χ3v) is 4.22. The van der Waals surface area contributed by atoms with Gasteiger partial charge in [-0.1, -0.05) is 0 Å². The fraction of sp³-hybridized carbons (Fsp3) is 0.611.